The summed E-state index contributed by atoms with van der Waals surface area (Å²) in [7, 11) is 0. The average molecular weight is 212 g/mol. The molecule has 0 unspecified atom stereocenters. The number of rotatable bonds is 2. The van der Waals surface area contributed by atoms with Crippen LogP contribution < -0.4 is 0 Å². The molecular weight excluding hydrogens is 196 g/mol. The Morgan fingerprint density at radius 3 is 1.93 bits per heavy atom. The lowest BCUT2D eigenvalue weighted by atomic mass is 10.3. The van der Waals surface area contributed by atoms with E-state index in [1.54, 1.807) is 9.80 Å². The maximum atomic E-state index is 11.0. The number of hydrogen-bond acceptors (Lipinski definition) is 4. The molecule has 1 aliphatic rings. The number of aliphatic hydroxyl groups excluding tert-OH is 1. The van der Waals surface area contributed by atoms with E-state index in [1.165, 1.54) is 19.9 Å². The summed E-state index contributed by atoms with van der Waals surface area (Å²) in [5.74, 6) is -0.142. The highest BCUT2D eigenvalue weighted by molar-refractivity contribution is 5.87. The summed E-state index contributed by atoms with van der Waals surface area (Å²) in [4.78, 5) is 25.2. The summed E-state index contributed by atoms with van der Waals surface area (Å²) in [6.07, 6.45) is 1.20. The van der Waals surface area contributed by atoms with Crippen molar-refractivity contribution in [3.63, 3.8) is 0 Å². The second kappa shape index (κ2) is 4.82. The largest absolute Gasteiger partial charge is 0.495 e. The molecule has 0 aliphatic carbocycles. The first kappa shape index (κ1) is 11.6. The van der Waals surface area contributed by atoms with Crippen molar-refractivity contribution in [3.05, 3.63) is 12.0 Å². The van der Waals surface area contributed by atoms with Gasteiger partial charge < -0.3 is 14.9 Å². The number of hydrogen-bond donors (Lipinski definition) is 1. The van der Waals surface area contributed by atoms with Crippen LogP contribution in [0, 0.1) is 0 Å². The van der Waals surface area contributed by atoms with E-state index < -0.39 is 0 Å². The quantitative estimate of drug-likeness (QED) is 0.522. The summed E-state index contributed by atoms with van der Waals surface area (Å²) in [6, 6.07) is 0. The molecule has 0 radical (unpaired) electrons. The van der Waals surface area contributed by atoms with Crippen molar-refractivity contribution in [2.24, 2.45) is 0 Å². The predicted octanol–water partition coefficient (Wildman–Crippen LogP) is 0.139. The molecule has 0 saturated carbocycles. The molecular formula is C10H16N2O3. The van der Waals surface area contributed by atoms with Crippen molar-refractivity contribution in [2.75, 3.05) is 26.2 Å². The van der Waals surface area contributed by atoms with Gasteiger partial charge in [-0.15, -0.1) is 0 Å². The Hall–Kier alpha value is -1.52. The van der Waals surface area contributed by atoms with Gasteiger partial charge >= 0.3 is 0 Å². The van der Waals surface area contributed by atoms with Gasteiger partial charge in [-0.1, -0.05) is 0 Å². The number of nitrogens with zero attached hydrogens (tertiary/aromatic N) is 2. The minimum Gasteiger partial charge on any atom is -0.495 e. The zero-order valence-corrected chi connectivity index (χ0v) is 9.06. The van der Waals surface area contributed by atoms with E-state index in [2.05, 4.69) is 0 Å². The summed E-state index contributed by atoms with van der Waals surface area (Å²) in [6.45, 7) is 5.23. The monoisotopic (exact) mass is 212 g/mol. The zero-order valence-electron chi connectivity index (χ0n) is 9.06. The van der Waals surface area contributed by atoms with Crippen LogP contribution in [0.25, 0.3) is 0 Å². The fourth-order valence-corrected chi connectivity index (χ4v) is 1.52. The summed E-state index contributed by atoms with van der Waals surface area (Å²) < 4.78 is 0. The van der Waals surface area contributed by atoms with Crippen molar-refractivity contribution < 1.29 is 14.7 Å². The van der Waals surface area contributed by atoms with Crippen LogP contribution in [0.15, 0.2) is 12.0 Å². The number of allylic oxidation sites excluding steroid dienone is 1. The normalized spacial score (nSPS) is 17.9. The standard InChI is InChI=1S/C10H16N2O3/c1-8(13)7-10(15)12-5-3-11(4-6-12)9(2)14/h7,15H,3-6H2,1-2H3/b10-7-. The molecule has 1 N–H and O–H groups in total. The van der Waals surface area contributed by atoms with Gasteiger partial charge in [0.05, 0.1) is 0 Å². The van der Waals surface area contributed by atoms with Gasteiger partial charge in [0.1, 0.15) is 0 Å². The summed E-state index contributed by atoms with van der Waals surface area (Å²) in [5.41, 5.74) is 0. The number of carbonyl (C=O) groups excluding carboxylic acids is 2. The van der Waals surface area contributed by atoms with E-state index in [9.17, 15) is 14.7 Å². The fraction of sp³-hybridized carbons (Fsp3) is 0.600. The van der Waals surface area contributed by atoms with Crippen molar-refractivity contribution in [2.45, 2.75) is 13.8 Å². The molecule has 0 aromatic heterocycles. The van der Waals surface area contributed by atoms with Gasteiger partial charge in [-0.3, -0.25) is 9.59 Å². The molecule has 0 atom stereocenters. The van der Waals surface area contributed by atoms with E-state index in [0.29, 0.717) is 26.2 Å². The lowest BCUT2D eigenvalue weighted by molar-refractivity contribution is -0.130. The lowest BCUT2D eigenvalue weighted by Crippen LogP contribution is -2.47. The molecule has 1 heterocycles. The van der Waals surface area contributed by atoms with Gasteiger partial charge in [-0.25, -0.2) is 0 Å². The van der Waals surface area contributed by atoms with Crippen LogP contribution in [-0.4, -0.2) is 52.8 Å². The van der Waals surface area contributed by atoms with Crippen molar-refractivity contribution >= 4 is 11.7 Å². The first-order valence-corrected chi connectivity index (χ1v) is 4.92. The number of ketones is 1. The molecule has 1 amide bonds. The fourth-order valence-electron chi connectivity index (χ4n) is 1.52. The zero-order chi connectivity index (χ0) is 11.4. The Balaban J connectivity index is 2.50. The van der Waals surface area contributed by atoms with Crippen LogP contribution in [0.4, 0.5) is 0 Å². The lowest BCUT2D eigenvalue weighted by Gasteiger charge is -2.34. The molecule has 1 rings (SSSR count). The average Bonchev–Trinajstić information content (AvgIpc) is 2.17. The molecule has 15 heavy (non-hydrogen) atoms. The Bertz CT molecular complexity index is 291. The van der Waals surface area contributed by atoms with Crippen molar-refractivity contribution in [1.29, 1.82) is 0 Å². The maximum Gasteiger partial charge on any atom is 0.219 e. The van der Waals surface area contributed by atoms with Crippen molar-refractivity contribution in [1.82, 2.24) is 9.80 Å². The van der Waals surface area contributed by atoms with Crippen LogP contribution in [0.5, 0.6) is 0 Å². The first-order chi connectivity index (χ1) is 7.00. The Kier molecular flexibility index (Phi) is 3.71. The van der Waals surface area contributed by atoms with E-state index in [-0.39, 0.29) is 17.6 Å². The van der Waals surface area contributed by atoms with Gasteiger partial charge in [0.15, 0.2) is 11.7 Å². The van der Waals surface area contributed by atoms with Gasteiger partial charge in [-0.2, -0.15) is 0 Å². The minimum atomic E-state index is -0.179. The highest BCUT2D eigenvalue weighted by atomic mass is 16.3. The number of aliphatic hydroxyl groups is 1. The predicted molar refractivity (Wildman–Crippen MR) is 55.2 cm³/mol. The Labute approximate surface area is 89.0 Å². The van der Waals surface area contributed by atoms with Crippen LogP contribution >= 0.6 is 0 Å². The van der Waals surface area contributed by atoms with Crippen LogP contribution in [-0.2, 0) is 9.59 Å². The summed E-state index contributed by atoms with van der Waals surface area (Å²) in [5, 5.41) is 9.53. The minimum absolute atomic E-state index is 0.00861. The molecule has 0 aromatic rings. The second-order valence-electron chi connectivity index (χ2n) is 3.61. The number of carbonyl (C=O) groups is 2. The SMILES string of the molecule is CC(=O)/C=C(\O)N1CCN(C(C)=O)CC1. The third-order valence-electron chi connectivity index (χ3n) is 2.38. The second-order valence-corrected chi connectivity index (χ2v) is 3.61. The van der Waals surface area contributed by atoms with E-state index in [4.69, 9.17) is 0 Å². The third kappa shape index (κ3) is 3.27. The van der Waals surface area contributed by atoms with E-state index >= 15 is 0 Å². The van der Waals surface area contributed by atoms with Gasteiger partial charge in [0.2, 0.25) is 5.91 Å². The number of amides is 1. The third-order valence-corrected chi connectivity index (χ3v) is 2.38. The highest BCUT2D eigenvalue weighted by Gasteiger charge is 2.19. The Morgan fingerprint density at radius 2 is 1.53 bits per heavy atom. The molecule has 1 fully saturated rings. The van der Waals surface area contributed by atoms with E-state index in [0.717, 1.165) is 0 Å². The molecule has 5 heteroatoms. The Morgan fingerprint density at radius 1 is 1.07 bits per heavy atom. The topological polar surface area (TPSA) is 60.9 Å². The number of piperazine rings is 1. The van der Waals surface area contributed by atoms with Crippen molar-refractivity contribution in [3.8, 4) is 0 Å². The molecule has 0 aromatic carbocycles. The van der Waals surface area contributed by atoms with Crippen LogP contribution in [0.3, 0.4) is 0 Å². The van der Waals surface area contributed by atoms with Crippen LogP contribution in [0.2, 0.25) is 0 Å². The van der Waals surface area contributed by atoms with E-state index in [1.807, 2.05) is 0 Å². The summed E-state index contributed by atoms with van der Waals surface area (Å²) >= 11 is 0. The molecule has 1 aliphatic heterocycles. The highest BCUT2D eigenvalue weighted by Crippen LogP contribution is 2.07. The van der Waals surface area contributed by atoms with Gasteiger partial charge in [-0.05, 0) is 6.92 Å². The van der Waals surface area contributed by atoms with Gasteiger partial charge in [0, 0.05) is 39.2 Å². The molecule has 1 saturated heterocycles. The van der Waals surface area contributed by atoms with Crippen LogP contribution in [0.1, 0.15) is 13.8 Å². The molecule has 5 nitrogen and oxygen atoms in total. The van der Waals surface area contributed by atoms with Gasteiger partial charge in [0.25, 0.3) is 0 Å². The smallest absolute Gasteiger partial charge is 0.219 e. The molecule has 0 bridgehead atoms. The first-order valence-electron chi connectivity index (χ1n) is 4.92. The molecule has 0 spiro atoms. The maximum absolute atomic E-state index is 11.0. The molecule has 84 valence electrons.